The molecule has 1 heterocycles. The van der Waals surface area contributed by atoms with Crippen molar-refractivity contribution in [1.29, 1.82) is 0 Å². The molecule has 2 aromatic rings. The molecule has 2 aromatic carbocycles. The summed E-state index contributed by atoms with van der Waals surface area (Å²) in [7, 11) is 0. The summed E-state index contributed by atoms with van der Waals surface area (Å²) in [4.78, 5) is 13.8. The zero-order valence-corrected chi connectivity index (χ0v) is 18.5. The van der Waals surface area contributed by atoms with Gasteiger partial charge in [0.05, 0.1) is 37.0 Å². The highest BCUT2D eigenvalue weighted by Crippen LogP contribution is 2.37. The van der Waals surface area contributed by atoms with Gasteiger partial charge in [0, 0.05) is 19.0 Å². The molecular formula is C24H25F6NO3. The average molecular weight is 489 g/mol. The van der Waals surface area contributed by atoms with Gasteiger partial charge in [-0.25, -0.2) is 0 Å². The van der Waals surface area contributed by atoms with Crippen molar-refractivity contribution in [3.63, 3.8) is 0 Å². The zero-order valence-electron chi connectivity index (χ0n) is 18.5. The van der Waals surface area contributed by atoms with Crippen LogP contribution in [0.3, 0.4) is 0 Å². The maximum Gasteiger partial charge on any atom is 0.416 e. The lowest BCUT2D eigenvalue weighted by Crippen LogP contribution is -2.45. The SMILES string of the molecule is CCOC(=O)CN1CCC(OCc2cc(C(F)(F)F)cc(C(F)(F)F)c2)C(c2ccccc2)C1. The van der Waals surface area contributed by atoms with Crippen LogP contribution in [0.2, 0.25) is 0 Å². The van der Waals surface area contributed by atoms with Crippen molar-refractivity contribution in [3.05, 3.63) is 70.8 Å². The molecule has 0 N–H and O–H groups in total. The van der Waals surface area contributed by atoms with Gasteiger partial charge in [-0.3, -0.25) is 9.69 Å². The van der Waals surface area contributed by atoms with E-state index in [4.69, 9.17) is 9.47 Å². The third kappa shape index (κ3) is 6.96. The molecule has 0 bridgehead atoms. The van der Waals surface area contributed by atoms with E-state index >= 15 is 0 Å². The van der Waals surface area contributed by atoms with Crippen LogP contribution < -0.4 is 0 Å². The third-order valence-electron chi connectivity index (χ3n) is 5.63. The van der Waals surface area contributed by atoms with Gasteiger partial charge in [-0.1, -0.05) is 30.3 Å². The van der Waals surface area contributed by atoms with Gasteiger partial charge in [-0.05, 0) is 42.7 Å². The van der Waals surface area contributed by atoms with Crippen LogP contribution in [0.5, 0.6) is 0 Å². The van der Waals surface area contributed by atoms with Crippen molar-refractivity contribution in [1.82, 2.24) is 4.90 Å². The van der Waals surface area contributed by atoms with Crippen molar-refractivity contribution in [2.45, 2.75) is 44.3 Å². The number of carbonyl (C=O) groups excluding carboxylic acids is 1. The number of esters is 1. The molecule has 186 valence electrons. The lowest BCUT2D eigenvalue weighted by molar-refractivity contribution is -0.146. The predicted octanol–water partition coefficient (Wildman–Crippen LogP) is 5.66. The summed E-state index contributed by atoms with van der Waals surface area (Å²) < 4.78 is 89.9. The van der Waals surface area contributed by atoms with Gasteiger partial charge >= 0.3 is 18.3 Å². The molecule has 1 aliphatic heterocycles. The average Bonchev–Trinajstić information content (AvgIpc) is 2.77. The van der Waals surface area contributed by atoms with Gasteiger partial charge < -0.3 is 9.47 Å². The fourth-order valence-electron chi connectivity index (χ4n) is 4.06. The molecule has 0 aliphatic carbocycles. The van der Waals surface area contributed by atoms with E-state index in [1.165, 1.54) is 0 Å². The largest absolute Gasteiger partial charge is 0.465 e. The highest BCUT2D eigenvalue weighted by Gasteiger charge is 2.37. The van der Waals surface area contributed by atoms with Crippen LogP contribution in [0.1, 0.15) is 41.5 Å². The Labute approximate surface area is 193 Å². The molecule has 1 aliphatic rings. The Morgan fingerprint density at radius 3 is 2.18 bits per heavy atom. The number of benzene rings is 2. The molecular weight excluding hydrogens is 464 g/mol. The Balaban J connectivity index is 1.79. The summed E-state index contributed by atoms with van der Waals surface area (Å²) >= 11 is 0. The van der Waals surface area contributed by atoms with Crippen LogP contribution in [0, 0.1) is 0 Å². The van der Waals surface area contributed by atoms with Crippen molar-refractivity contribution in [2.24, 2.45) is 0 Å². The van der Waals surface area contributed by atoms with Crippen LogP contribution in [-0.2, 0) is 33.2 Å². The number of halogens is 6. The fourth-order valence-corrected chi connectivity index (χ4v) is 4.06. The van der Waals surface area contributed by atoms with Crippen LogP contribution in [-0.4, -0.2) is 43.2 Å². The monoisotopic (exact) mass is 489 g/mol. The lowest BCUT2D eigenvalue weighted by atomic mass is 9.87. The van der Waals surface area contributed by atoms with Crippen molar-refractivity contribution in [3.8, 4) is 0 Å². The Kier molecular flexibility index (Phi) is 8.25. The minimum Gasteiger partial charge on any atom is -0.465 e. The minimum absolute atomic E-state index is 0.0897. The van der Waals surface area contributed by atoms with Crippen molar-refractivity contribution >= 4 is 5.97 Å². The topological polar surface area (TPSA) is 38.8 Å². The minimum atomic E-state index is -4.92. The van der Waals surface area contributed by atoms with E-state index in [1.54, 1.807) is 6.92 Å². The number of ether oxygens (including phenoxy) is 2. The summed E-state index contributed by atoms with van der Waals surface area (Å²) in [6.07, 6.45) is -9.84. The molecule has 0 amide bonds. The Morgan fingerprint density at radius 1 is 1.00 bits per heavy atom. The Hall–Kier alpha value is -2.59. The Morgan fingerprint density at radius 2 is 1.62 bits per heavy atom. The molecule has 1 fully saturated rings. The van der Waals surface area contributed by atoms with Gasteiger partial charge in [0.25, 0.3) is 0 Å². The van der Waals surface area contributed by atoms with E-state index in [1.807, 2.05) is 35.2 Å². The van der Waals surface area contributed by atoms with Gasteiger partial charge in [-0.15, -0.1) is 0 Å². The van der Waals surface area contributed by atoms with E-state index in [0.29, 0.717) is 31.6 Å². The van der Waals surface area contributed by atoms with Gasteiger partial charge in [0.1, 0.15) is 0 Å². The van der Waals surface area contributed by atoms with Crippen LogP contribution in [0.15, 0.2) is 48.5 Å². The molecule has 2 atom stereocenters. The summed E-state index contributed by atoms with van der Waals surface area (Å²) in [5.41, 5.74) is -2.04. The van der Waals surface area contributed by atoms with Crippen LogP contribution in [0.25, 0.3) is 0 Å². The van der Waals surface area contributed by atoms with E-state index in [0.717, 1.165) is 5.56 Å². The maximum atomic E-state index is 13.2. The van der Waals surface area contributed by atoms with Crippen molar-refractivity contribution < 1.29 is 40.6 Å². The Bertz CT molecular complexity index is 929. The quantitative estimate of drug-likeness (QED) is 0.372. The van der Waals surface area contributed by atoms with Gasteiger partial charge in [-0.2, -0.15) is 26.3 Å². The van der Waals surface area contributed by atoms with E-state index in [9.17, 15) is 31.1 Å². The first kappa shape index (κ1) is 26.0. The first-order valence-corrected chi connectivity index (χ1v) is 10.8. The molecule has 0 saturated carbocycles. The standard InChI is InChI=1S/C24H25F6NO3/c1-2-33-22(32)14-31-9-8-21(20(13-31)17-6-4-3-5-7-17)34-15-16-10-18(23(25,26)27)12-19(11-16)24(28,29)30/h3-7,10-12,20-21H,2,8-9,13-15H2,1H3. The summed E-state index contributed by atoms with van der Waals surface area (Å²) in [5.74, 6) is -0.588. The number of likely N-dealkylation sites (tertiary alicyclic amines) is 1. The number of carbonyl (C=O) groups is 1. The summed E-state index contributed by atoms with van der Waals surface area (Å²) in [5, 5.41) is 0. The molecule has 34 heavy (non-hydrogen) atoms. The van der Waals surface area contributed by atoms with Crippen molar-refractivity contribution in [2.75, 3.05) is 26.2 Å². The van der Waals surface area contributed by atoms with E-state index in [-0.39, 0.29) is 36.7 Å². The zero-order chi connectivity index (χ0) is 24.9. The number of piperidine rings is 1. The third-order valence-corrected chi connectivity index (χ3v) is 5.63. The number of hydrogen-bond acceptors (Lipinski definition) is 4. The van der Waals surface area contributed by atoms with Crippen LogP contribution >= 0.6 is 0 Å². The normalized spacial score (nSPS) is 19.7. The highest BCUT2D eigenvalue weighted by molar-refractivity contribution is 5.71. The molecule has 0 radical (unpaired) electrons. The van der Waals surface area contributed by atoms with Gasteiger partial charge in [0.2, 0.25) is 0 Å². The molecule has 0 spiro atoms. The number of nitrogens with zero attached hydrogens (tertiary/aromatic N) is 1. The molecule has 4 nitrogen and oxygen atoms in total. The molecule has 10 heteroatoms. The number of rotatable bonds is 7. The van der Waals surface area contributed by atoms with Gasteiger partial charge in [0.15, 0.2) is 0 Å². The first-order valence-electron chi connectivity index (χ1n) is 10.8. The molecule has 1 saturated heterocycles. The van der Waals surface area contributed by atoms with E-state index in [2.05, 4.69) is 0 Å². The second kappa shape index (κ2) is 10.8. The smallest absolute Gasteiger partial charge is 0.416 e. The molecule has 2 unspecified atom stereocenters. The first-order chi connectivity index (χ1) is 16.0. The highest BCUT2D eigenvalue weighted by atomic mass is 19.4. The number of hydrogen-bond donors (Lipinski definition) is 0. The number of alkyl halides is 6. The predicted molar refractivity (Wildman–Crippen MR) is 112 cm³/mol. The summed E-state index contributed by atoms with van der Waals surface area (Å²) in [6, 6.07) is 10.7. The lowest BCUT2D eigenvalue weighted by Gasteiger charge is -2.38. The fraction of sp³-hybridized carbons (Fsp3) is 0.458. The molecule has 0 aromatic heterocycles. The maximum absolute atomic E-state index is 13.2. The second-order valence-electron chi connectivity index (χ2n) is 8.11. The molecule has 3 rings (SSSR count). The summed E-state index contributed by atoms with van der Waals surface area (Å²) in [6.45, 7) is 2.57. The van der Waals surface area contributed by atoms with Crippen LogP contribution in [0.4, 0.5) is 26.3 Å². The second-order valence-corrected chi connectivity index (χ2v) is 8.11. The van der Waals surface area contributed by atoms with E-state index < -0.39 is 36.2 Å².